The van der Waals surface area contributed by atoms with Gasteiger partial charge < -0.3 is 10.3 Å². The molecular formula is C12H20N4O2S. The van der Waals surface area contributed by atoms with Crippen molar-refractivity contribution in [3.05, 3.63) is 12.0 Å². The van der Waals surface area contributed by atoms with Gasteiger partial charge in [-0.2, -0.15) is 4.31 Å². The molecule has 0 aromatic carbocycles. The van der Waals surface area contributed by atoms with E-state index in [4.69, 9.17) is 5.73 Å². The number of nitrogens with two attached hydrogens (primary N) is 1. The summed E-state index contributed by atoms with van der Waals surface area (Å²) in [4.78, 5) is 4.22. The predicted molar refractivity (Wildman–Crippen MR) is 71.1 cm³/mol. The number of sulfonamides is 1. The molecule has 2 aliphatic rings. The second kappa shape index (κ2) is 4.29. The largest absolute Gasteiger partial charge is 0.330 e. The molecule has 2 N–H and O–H groups in total. The van der Waals surface area contributed by atoms with Gasteiger partial charge in [-0.1, -0.05) is 6.92 Å². The van der Waals surface area contributed by atoms with Gasteiger partial charge in [0.1, 0.15) is 5.82 Å². The Bertz CT molecular complexity index is 595. The Labute approximate surface area is 113 Å². The van der Waals surface area contributed by atoms with Gasteiger partial charge in [0.25, 0.3) is 10.0 Å². The monoisotopic (exact) mass is 284 g/mol. The lowest BCUT2D eigenvalue weighted by molar-refractivity contribution is 0.348. The Morgan fingerprint density at radius 3 is 2.95 bits per heavy atom. The second-order valence-electron chi connectivity index (χ2n) is 5.87. The van der Waals surface area contributed by atoms with E-state index in [2.05, 4.69) is 4.98 Å². The van der Waals surface area contributed by atoms with Crippen molar-refractivity contribution in [2.45, 2.75) is 37.8 Å². The fourth-order valence-electron chi connectivity index (χ4n) is 2.92. The lowest BCUT2D eigenvalue weighted by Gasteiger charge is -2.22. The van der Waals surface area contributed by atoms with Crippen LogP contribution in [-0.4, -0.2) is 41.9 Å². The van der Waals surface area contributed by atoms with Crippen LogP contribution in [0.5, 0.6) is 0 Å². The standard InChI is InChI=1S/C12H20N4O2S/c1-12(8-13)4-6-15(9-12)19(17,18)11-7-14-10-3-2-5-16(10)11/h7H,2-6,8-9,13H2,1H3. The number of aromatic nitrogens is 2. The van der Waals surface area contributed by atoms with Crippen LogP contribution in [0.1, 0.15) is 25.6 Å². The van der Waals surface area contributed by atoms with Gasteiger partial charge in [-0.3, -0.25) is 0 Å². The molecule has 0 spiro atoms. The first-order valence-electron chi connectivity index (χ1n) is 6.71. The van der Waals surface area contributed by atoms with Crippen LogP contribution < -0.4 is 5.73 Å². The van der Waals surface area contributed by atoms with E-state index in [-0.39, 0.29) is 5.41 Å². The number of hydrogen-bond acceptors (Lipinski definition) is 4. The molecule has 1 aromatic heterocycles. The third-order valence-electron chi connectivity index (χ3n) is 4.30. The van der Waals surface area contributed by atoms with Gasteiger partial charge in [-0.25, -0.2) is 13.4 Å². The van der Waals surface area contributed by atoms with Crippen molar-refractivity contribution in [2.24, 2.45) is 11.1 Å². The summed E-state index contributed by atoms with van der Waals surface area (Å²) < 4.78 is 28.8. The summed E-state index contributed by atoms with van der Waals surface area (Å²) in [7, 11) is -3.42. The minimum absolute atomic E-state index is 0.0963. The van der Waals surface area contributed by atoms with Gasteiger partial charge in [0.15, 0.2) is 5.03 Å². The fourth-order valence-corrected chi connectivity index (χ4v) is 4.66. The maximum absolute atomic E-state index is 12.7. The third-order valence-corrected chi connectivity index (χ3v) is 6.15. The van der Waals surface area contributed by atoms with Crippen LogP contribution in [0.25, 0.3) is 0 Å². The zero-order valence-corrected chi connectivity index (χ0v) is 12.0. The molecule has 1 saturated heterocycles. The summed E-state index contributed by atoms with van der Waals surface area (Å²) in [6.45, 7) is 4.38. The molecule has 106 valence electrons. The zero-order valence-electron chi connectivity index (χ0n) is 11.2. The van der Waals surface area contributed by atoms with Crippen molar-refractivity contribution in [1.82, 2.24) is 13.9 Å². The Kier molecular flexibility index (Phi) is 2.95. The molecule has 1 unspecified atom stereocenters. The lowest BCUT2D eigenvalue weighted by Crippen LogP contribution is -2.35. The summed E-state index contributed by atoms with van der Waals surface area (Å²) in [5, 5.41) is 0.348. The Balaban J connectivity index is 1.92. The minimum atomic E-state index is -3.42. The average molecular weight is 284 g/mol. The van der Waals surface area contributed by atoms with Crippen LogP contribution >= 0.6 is 0 Å². The number of fused-ring (bicyclic) bond motifs is 1. The first-order chi connectivity index (χ1) is 8.96. The molecule has 3 heterocycles. The smallest absolute Gasteiger partial charge is 0.260 e. The predicted octanol–water partition coefficient (Wildman–Crippen LogP) is 0.189. The lowest BCUT2D eigenvalue weighted by atomic mass is 9.90. The van der Waals surface area contributed by atoms with E-state index < -0.39 is 10.0 Å². The zero-order chi connectivity index (χ0) is 13.7. The highest BCUT2D eigenvalue weighted by molar-refractivity contribution is 7.89. The third kappa shape index (κ3) is 2.00. The molecule has 0 aliphatic carbocycles. The van der Waals surface area contributed by atoms with Crippen molar-refractivity contribution in [2.75, 3.05) is 19.6 Å². The van der Waals surface area contributed by atoms with E-state index in [1.54, 1.807) is 4.31 Å². The van der Waals surface area contributed by atoms with Gasteiger partial charge in [-0.05, 0) is 24.8 Å². The molecule has 1 fully saturated rings. The van der Waals surface area contributed by atoms with E-state index in [0.717, 1.165) is 31.6 Å². The highest BCUT2D eigenvalue weighted by atomic mass is 32.2. The van der Waals surface area contributed by atoms with Crippen LogP contribution in [0, 0.1) is 5.41 Å². The minimum Gasteiger partial charge on any atom is -0.330 e. The van der Waals surface area contributed by atoms with Gasteiger partial charge >= 0.3 is 0 Å². The van der Waals surface area contributed by atoms with Crippen LogP contribution in [0.2, 0.25) is 0 Å². The molecule has 3 rings (SSSR count). The Morgan fingerprint density at radius 1 is 1.47 bits per heavy atom. The number of rotatable bonds is 3. The van der Waals surface area contributed by atoms with Crippen LogP contribution in [0.15, 0.2) is 11.2 Å². The van der Waals surface area contributed by atoms with Crippen molar-refractivity contribution in [1.29, 1.82) is 0 Å². The van der Waals surface area contributed by atoms with E-state index >= 15 is 0 Å². The van der Waals surface area contributed by atoms with Gasteiger partial charge in [0.05, 0.1) is 6.20 Å². The molecule has 0 amide bonds. The first kappa shape index (κ1) is 13.1. The molecule has 19 heavy (non-hydrogen) atoms. The van der Waals surface area contributed by atoms with Crippen molar-refractivity contribution in [3.63, 3.8) is 0 Å². The Hall–Kier alpha value is -0.920. The molecule has 0 bridgehead atoms. The maximum atomic E-state index is 12.7. The summed E-state index contributed by atoms with van der Waals surface area (Å²) in [5.41, 5.74) is 5.65. The molecule has 0 saturated carbocycles. The highest BCUT2D eigenvalue weighted by Crippen LogP contribution is 2.33. The number of nitrogens with zero attached hydrogens (tertiary/aromatic N) is 3. The number of imidazole rings is 1. The normalized spacial score (nSPS) is 27.9. The summed E-state index contributed by atoms with van der Waals surface area (Å²) in [6, 6.07) is 0. The summed E-state index contributed by atoms with van der Waals surface area (Å²) in [6.07, 6.45) is 4.17. The van der Waals surface area contributed by atoms with Crippen LogP contribution in [0.4, 0.5) is 0 Å². The maximum Gasteiger partial charge on any atom is 0.260 e. The number of aryl methyl sites for hydroxylation is 1. The van der Waals surface area contributed by atoms with E-state index in [1.807, 2.05) is 11.5 Å². The first-order valence-corrected chi connectivity index (χ1v) is 8.15. The average Bonchev–Trinajstić information content (AvgIpc) is 3.02. The molecule has 7 heteroatoms. The Morgan fingerprint density at radius 2 is 2.26 bits per heavy atom. The molecular weight excluding hydrogens is 264 g/mol. The van der Waals surface area contributed by atoms with Crippen molar-refractivity contribution in [3.8, 4) is 0 Å². The van der Waals surface area contributed by atoms with Crippen molar-refractivity contribution < 1.29 is 8.42 Å². The quantitative estimate of drug-likeness (QED) is 0.859. The molecule has 2 aliphatic heterocycles. The van der Waals surface area contributed by atoms with E-state index in [0.29, 0.717) is 24.7 Å². The van der Waals surface area contributed by atoms with E-state index in [1.165, 1.54) is 6.20 Å². The number of hydrogen-bond donors (Lipinski definition) is 1. The molecule has 0 radical (unpaired) electrons. The summed E-state index contributed by atoms with van der Waals surface area (Å²) >= 11 is 0. The molecule has 6 nitrogen and oxygen atoms in total. The van der Waals surface area contributed by atoms with Crippen LogP contribution in [0.3, 0.4) is 0 Å². The molecule has 1 atom stereocenters. The second-order valence-corrected chi connectivity index (χ2v) is 7.76. The fraction of sp³-hybridized carbons (Fsp3) is 0.750. The van der Waals surface area contributed by atoms with Crippen molar-refractivity contribution >= 4 is 10.0 Å². The van der Waals surface area contributed by atoms with Crippen LogP contribution in [-0.2, 0) is 23.0 Å². The van der Waals surface area contributed by atoms with Gasteiger partial charge in [0.2, 0.25) is 0 Å². The SMILES string of the molecule is CC1(CN)CCN(S(=O)(=O)c2cnc3n2CCC3)C1. The van der Waals surface area contributed by atoms with Gasteiger partial charge in [-0.15, -0.1) is 0 Å². The highest BCUT2D eigenvalue weighted by Gasteiger charge is 2.40. The van der Waals surface area contributed by atoms with Gasteiger partial charge in [0, 0.05) is 26.1 Å². The van der Waals surface area contributed by atoms with E-state index in [9.17, 15) is 8.42 Å². The summed E-state index contributed by atoms with van der Waals surface area (Å²) in [5.74, 6) is 0.888. The topological polar surface area (TPSA) is 81.2 Å². The molecule has 1 aromatic rings.